The van der Waals surface area contributed by atoms with Gasteiger partial charge < -0.3 is 16.4 Å². The molecule has 0 fully saturated rings. The van der Waals surface area contributed by atoms with Crippen LogP contribution < -0.4 is 16.4 Å². The molecule has 0 atom stereocenters. The van der Waals surface area contributed by atoms with E-state index in [0.29, 0.717) is 24.5 Å². The zero-order valence-electron chi connectivity index (χ0n) is 10.4. The van der Waals surface area contributed by atoms with Crippen LogP contribution in [0.1, 0.15) is 30.6 Å². The number of pyridine rings is 1. The highest BCUT2D eigenvalue weighted by atomic mass is 16.1. The van der Waals surface area contributed by atoms with Crippen LogP contribution in [-0.4, -0.2) is 30.0 Å². The lowest BCUT2D eigenvalue weighted by molar-refractivity contribution is 0.0954. The summed E-state index contributed by atoms with van der Waals surface area (Å²) in [5.74, 6) is 0.502. The second kappa shape index (κ2) is 6.85. The molecule has 1 aromatic rings. The van der Waals surface area contributed by atoms with E-state index in [1.165, 1.54) is 0 Å². The van der Waals surface area contributed by atoms with E-state index in [4.69, 9.17) is 5.73 Å². The van der Waals surface area contributed by atoms with Gasteiger partial charge in [0, 0.05) is 18.8 Å². The van der Waals surface area contributed by atoms with Crippen LogP contribution in [0.15, 0.2) is 18.3 Å². The molecule has 0 unspecified atom stereocenters. The molecule has 0 spiro atoms. The minimum atomic E-state index is -0.116. The van der Waals surface area contributed by atoms with E-state index in [2.05, 4.69) is 15.6 Å². The molecule has 4 N–H and O–H groups in total. The normalized spacial score (nSPS) is 10.4. The van der Waals surface area contributed by atoms with Gasteiger partial charge in [0.2, 0.25) is 0 Å². The molecule has 5 nitrogen and oxygen atoms in total. The van der Waals surface area contributed by atoms with Gasteiger partial charge in [-0.25, -0.2) is 4.98 Å². The van der Waals surface area contributed by atoms with Crippen LogP contribution in [0.5, 0.6) is 0 Å². The fourth-order valence-electron chi connectivity index (χ4n) is 1.38. The Morgan fingerprint density at radius 2 is 2.29 bits per heavy atom. The number of rotatable bonds is 6. The van der Waals surface area contributed by atoms with Gasteiger partial charge in [-0.2, -0.15) is 0 Å². The summed E-state index contributed by atoms with van der Waals surface area (Å²) in [4.78, 5) is 16.1. The van der Waals surface area contributed by atoms with Gasteiger partial charge in [-0.05, 0) is 38.9 Å². The molecule has 1 amide bonds. The smallest absolute Gasteiger partial charge is 0.255 e. The number of hydrogen-bond donors (Lipinski definition) is 3. The number of anilines is 1. The molecule has 0 aromatic carbocycles. The van der Waals surface area contributed by atoms with Gasteiger partial charge in [0.05, 0.1) is 5.56 Å². The second-order valence-corrected chi connectivity index (χ2v) is 4.10. The summed E-state index contributed by atoms with van der Waals surface area (Å²) in [7, 11) is 0. The molecule has 0 aliphatic heterocycles. The van der Waals surface area contributed by atoms with E-state index in [0.717, 1.165) is 6.42 Å². The van der Waals surface area contributed by atoms with E-state index < -0.39 is 0 Å². The molecule has 5 heteroatoms. The molecular weight excluding hydrogens is 216 g/mol. The van der Waals surface area contributed by atoms with Gasteiger partial charge in [0.15, 0.2) is 0 Å². The third-order valence-electron chi connectivity index (χ3n) is 2.14. The Morgan fingerprint density at radius 1 is 1.53 bits per heavy atom. The Labute approximate surface area is 102 Å². The van der Waals surface area contributed by atoms with Crippen molar-refractivity contribution in [3.63, 3.8) is 0 Å². The van der Waals surface area contributed by atoms with Crippen LogP contribution in [0.25, 0.3) is 0 Å². The maximum Gasteiger partial charge on any atom is 0.255 e. The quantitative estimate of drug-likeness (QED) is 0.643. The van der Waals surface area contributed by atoms with Gasteiger partial charge in [0.25, 0.3) is 5.91 Å². The molecular formula is C12H20N4O. The number of nitrogens with two attached hydrogens (primary N) is 1. The molecule has 0 bridgehead atoms. The molecule has 1 heterocycles. The largest absolute Gasteiger partial charge is 0.367 e. The van der Waals surface area contributed by atoms with Crippen molar-refractivity contribution < 1.29 is 4.79 Å². The highest BCUT2D eigenvalue weighted by Gasteiger charge is 2.11. The first-order chi connectivity index (χ1) is 8.15. The third kappa shape index (κ3) is 4.40. The van der Waals surface area contributed by atoms with E-state index >= 15 is 0 Å². The zero-order valence-corrected chi connectivity index (χ0v) is 10.4. The van der Waals surface area contributed by atoms with Crippen LogP contribution in [0.3, 0.4) is 0 Å². The maximum atomic E-state index is 11.9. The number of carbonyl (C=O) groups is 1. The lowest BCUT2D eigenvalue weighted by Gasteiger charge is -2.13. The number of hydrogen-bond acceptors (Lipinski definition) is 4. The van der Waals surface area contributed by atoms with Crippen molar-refractivity contribution in [1.29, 1.82) is 0 Å². The fraction of sp³-hybridized carbons (Fsp3) is 0.500. The van der Waals surface area contributed by atoms with Crippen LogP contribution >= 0.6 is 0 Å². The summed E-state index contributed by atoms with van der Waals surface area (Å²) in [5.41, 5.74) is 5.94. The van der Waals surface area contributed by atoms with E-state index in [1.807, 2.05) is 13.8 Å². The molecule has 1 aromatic heterocycles. The van der Waals surface area contributed by atoms with Crippen molar-refractivity contribution >= 4 is 11.7 Å². The second-order valence-electron chi connectivity index (χ2n) is 4.10. The lowest BCUT2D eigenvalue weighted by Crippen LogP contribution is -2.27. The van der Waals surface area contributed by atoms with Crippen molar-refractivity contribution in [3.05, 3.63) is 23.9 Å². The topological polar surface area (TPSA) is 80.0 Å². The minimum Gasteiger partial charge on any atom is -0.367 e. The van der Waals surface area contributed by atoms with Crippen LogP contribution in [-0.2, 0) is 0 Å². The van der Waals surface area contributed by atoms with E-state index in [-0.39, 0.29) is 11.9 Å². The number of nitrogens with zero attached hydrogens (tertiary/aromatic N) is 1. The van der Waals surface area contributed by atoms with Crippen molar-refractivity contribution in [2.75, 3.05) is 18.4 Å². The van der Waals surface area contributed by atoms with Crippen LogP contribution in [0, 0.1) is 0 Å². The Bertz CT molecular complexity index is 365. The summed E-state index contributed by atoms with van der Waals surface area (Å²) in [6.07, 6.45) is 2.44. The minimum absolute atomic E-state index is 0.116. The maximum absolute atomic E-state index is 11.9. The monoisotopic (exact) mass is 236 g/mol. The summed E-state index contributed by atoms with van der Waals surface area (Å²) in [5, 5.41) is 5.96. The number of aromatic nitrogens is 1. The SMILES string of the molecule is CC(C)Nc1ncccc1C(=O)NCCCN. The third-order valence-corrected chi connectivity index (χ3v) is 2.14. The van der Waals surface area contributed by atoms with Crippen molar-refractivity contribution in [3.8, 4) is 0 Å². The van der Waals surface area contributed by atoms with Gasteiger partial charge >= 0.3 is 0 Å². The van der Waals surface area contributed by atoms with Crippen molar-refractivity contribution in [2.45, 2.75) is 26.3 Å². The fourth-order valence-corrected chi connectivity index (χ4v) is 1.38. The van der Waals surface area contributed by atoms with Crippen LogP contribution in [0.4, 0.5) is 5.82 Å². The predicted molar refractivity (Wildman–Crippen MR) is 69.0 cm³/mol. The zero-order chi connectivity index (χ0) is 12.7. The van der Waals surface area contributed by atoms with Crippen molar-refractivity contribution in [1.82, 2.24) is 10.3 Å². The molecule has 0 radical (unpaired) electrons. The van der Waals surface area contributed by atoms with E-state index in [1.54, 1.807) is 18.3 Å². The number of nitrogens with one attached hydrogen (secondary N) is 2. The summed E-state index contributed by atoms with van der Waals surface area (Å²) in [6, 6.07) is 3.75. The van der Waals surface area contributed by atoms with Crippen molar-refractivity contribution in [2.24, 2.45) is 5.73 Å². The van der Waals surface area contributed by atoms with Gasteiger partial charge in [0.1, 0.15) is 5.82 Å². The molecule has 0 saturated heterocycles. The number of carbonyl (C=O) groups excluding carboxylic acids is 1. The molecule has 94 valence electrons. The van der Waals surface area contributed by atoms with E-state index in [9.17, 15) is 4.79 Å². The Kier molecular flexibility index (Phi) is 5.42. The first-order valence-electron chi connectivity index (χ1n) is 5.85. The molecule has 17 heavy (non-hydrogen) atoms. The lowest BCUT2D eigenvalue weighted by atomic mass is 10.2. The summed E-state index contributed by atoms with van der Waals surface area (Å²) < 4.78 is 0. The molecule has 0 aliphatic rings. The van der Waals surface area contributed by atoms with Gasteiger partial charge in [-0.1, -0.05) is 0 Å². The Balaban J connectivity index is 2.71. The first-order valence-corrected chi connectivity index (χ1v) is 5.85. The Hall–Kier alpha value is -1.62. The predicted octanol–water partition coefficient (Wildman–Crippen LogP) is 0.980. The molecule has 1 rings (SSSR count). The Morgan fingerprint density at radius 3 is 2.94 bits per heavy atom. The number of amides is 1. The standard InChI is InChI=1S/C12H20N4O/c1-9(2)16-11-10(5-3-7-14-11)12(17)15-8-4-6-13/h3,5,7,9H,4,6,8,13H2,1-2H3,(H,14,16)(H,15,17). The molecule has 0 aliphatic carbocycles. The van der Waals surface area contributed by atoms with Gasteiger partial charge in [-0.3, -0.25) is 4.79 Å². The first kappa shape index (κ1) is 13.4. The summed E-state index contributed by atoms with van der Waals surface area (Å²) >= 11 is 0. The summed E-state index contributed by atoms with van der Waals surface area (Å²) in [6.45, 7) is 5.17. The molecule has 0 saturated carbocycles. The van der Waals surface area contributed by atoms with Crippen LogP contribution in [0.2, 0.25) is 0 Å². The highest BCUT2D eigenvalue weighted by Crippen LogP contribution is 2.12. The highest BCUT2D eigenvalue weighted by molar-refractivity contribution is 5.98. The van der Waals surface area contributed by atoms with Gasteiger partial charge in [-0.15, -0.1) is 0 Å². The average molecular weight is 236 g/mol. The average Bonchev–Trinajstić information content (AvgIpc) is 2.29.